The van der Waals surface area contributed by atoms with Gasteiger partial charge in [-0.15, -0.1) is 0 Å². The molecule has 0 atom stereocenters. The van der Waals surface area contributed by atoms with Gasteiger partial charge in [0, 0.05) is 29.7 Å². The van der Waals surface area contributed by atoms with Gasteiger partial charge in [0.15, 0.2) is 0 Å². The molecule has 1 aliphatic rings. The molecule has 3 aromatic carbocycles. The van der Waals surface area contributed by atoms with Crippen molar-refractivity contribution in [3.8, 4) is 0 Å². The molecular weight excluding hydrogens is 446 g/mol. The molecule has 0 spiro atoms. The van der Waals surface area contributed by atoms with Gasteiger partial charge in [0.1, 0.15) is 5.57 Å². The van der Waals surface area contributed by atoms with Crippen molar-refractivity contribution in [2.24, 2.45) is 7.05 Å². The summed E-state index contributed by atoms with van der Waals surface area (Å²) in [5.74, 6) is -2.66. The molecule has 2 heterocycles. The summed E-state index contributed by atoms with van der Waals surface area (Å²) in [5, 5.41) is 10.0. The van der Waals surface area contributed by atoms with E-state index in [9.17, 15) is 24.3 Å². The zero-order valence-corrected chi connectivity index (χ0v) is 18.6. The lowest BCUT2D eigenvalue weighted by atomic mass is 10.0. The van der Waals surface area contributed by atoms with Gasteiger partial charge in [0.25, 0.3) is 11.8 Å². The van der Waals surface area contributed by atoms with E-state index >= 15 is 0 Å². The normalized spacial score (nSPS) is 15.3. The average Bonchev–Trinajstić information content (AvgIpc) is 3.18. The zero-order chi connectivity index (χ0) is 24.7. The fraction of sp³-hybridized carbons (Fsp3) is 0.0370. The minimum absolute atomic E-state index is 0.00757. The minimum Gasteiger partial charge on any atom is -0.478 e. The first-order chi connectivity index (χ1) is 16.9. The van der Waals surface area contributed by atoms with Gasteiger partial charge in [-0.3, -0.25) is 9.59 Å². The Morgan fingerprint density at radius 1 is 0.771 bits per heavy atom. The summed E-state index contributed by atoms with van der Waals surface area (Å²) in [6, 6.07) is 20.4. The quantitative estimate of drug-likeness (QED) is 0.354. The standard InChI is InChI=1S/C27H19N3O5/c1-28-16-18(21-9-5-6-10-23(21)28)15-22-24(31)29(19-7-3-2-4-8-19)27(35)30(25(22)32)20-13-11-17(12-14-20)26(33)34/h2-16H,1H3,(H,33,34)/b22-15+. The Morgan fingerprint density at radius 3 is 1.97 bits per heavy atom. The number of hydrogen-bond acceptors (Lipinski definition) is 4. The molecule has 172 valence electrons. The Bertz CT molecular complexity index is 1530. The Morgan fingerprint density at radius 2 is 1.34 bits per heavy atom. The number of carbonyl (C=O) groups is 4. The number of para-hydroxylation sites is 2. The van der Waals surface area contributed by atoms with Gasteiger partial charge in [-0.2, -0.15) is 0 Å². The van der Waals surface area contributed by atoms with Crippen LogP contribution in [0.3, 0.4) is 0 Å². The molecule has 0 radical (unpaired) electrons. The predicted octanol–water partition coefficient (Wildman–Crippen LogP) is 4.46. The number of nitrogens with zero attached hydrogens (tertiary/aromatic N) is 3. The van der Waals surface area contributed by atoms with E-state index in [-0.39, 0.29) is 16.8 Å². The number of fused-ring (bicyclic) bond motifs is 1. The molecule has 4 amide bonds. The molecular formula is C27H19N3O5. The number of hydrogen-bond donors (Lipinski definition) is 1. The molecule has 35 heavy (non-hydrogen) atoms. The number of aromatic carboxylic acids is 1. The second-order valence-electron chi connectivity index (χ2n) is 8.02. The molecule has 8 nitrogen and oxygen atoms in total. The lowest BCUT2D eigenvalue weighted by molar-refractivity contribution is -0.121. The van der Waals surface area contributed by atoms with Gasteiger partial charge in [-0.05, 0) is 48.5 Å². The molecule has 1 N–H and O–H groups in total. The summed E-state index contributed by atoms with van der Waals surface area (Å²) >= 11 is 0. The van der Waals surface area contributed by atoms with Crippen molar-refractivity contribution in [2.45, 2.75) is 0 Å². The fourth-order valence-electron chi connectivity index (χ4n) is 4.16. The van der Waals surface area contributed by atoms with Crippen LogP contribution in [0.2, 0.25) is 0 Å². The molecule has 0 saturated carbocycles. The maximum absolute atomic E-state index is 13.6. The number of urea groups is 1. The smallest absolute Gasteiger partial charge is 0.343 e. The molecule has 1 fully saturated rings. The summed E-state index contributed by atoms with van der Waals surface area (Å²) in [6.45, 7) is 0. The van der Waals surface area contributed by atoms with E-state index in [1.54, 1.807) is 30.3 Å². The van der Waals surface area contributed by atoms with Crippen LogP contribution >= 0.6 is 0 Å². The van der Waals surface area contributed by atoms with Crippen LogP contribution < -0.4 is 9.80 Å². The maximum atomic E-state index is 13.6. The average molecular weight is 465 g/mol. The van der Waals surface area contributed by atoms with Crippen molar-refractivity contribution in [1.29, 1.82) is 0 Å². The summed E-state index contributed by atoms with van der Waals surface area (Å²) in [4.78, 5) is 53.6. The third kappa shape index (κ3) is 3.67. The Hall–Kier alpha value is -4.98. The van der Waals surface area contributed by atoms with Gasteiger partial charge in [0.2, 0.25) is 0 Å². The number of aryl methyl sites for hydroxylation is 1. The van der Waals surface area contributed by atoms with E-state index in [1.165, 1.54) is 30.3 Å². The van der Waals surface area contributed by atoms with E-state index in [4.69, 9.17) is 0 Å². The second-order valence-corrected chi connectivity index (χ2v) is 8.02. The van der Waals surface area contributed by atoms with Crippen molar-refractivity contribution >= 4 is 52.2 Å². The van der Waals surface area contributed by atoms with Crippen LogP contribution in [-0.2, 0) is 16.6 Å². The highest BCUT2D eigenvalue weighted by Crippen LogP contribution is 2.31. The SMILES string of the molecule is Cn1cc(/C=C2\C(=O)N(c3ccccc3)C(=O)N(c3ccc(C(=O)O)cc3)C2=O)c2ccccc21. The molecule has 0 unspecified atom stereocenters. The number of amides is 4. The Labute approximate surface area is 199 Å². The molecule has 4 aromatic rings. The first-order valence-corrected chi connectivity index (χ1v) is 10.7. The molecule has 8 heteroatoms. The van der Waals surface area contributed by atoms with Gasteiger partial charge in [0.05, 0.1) is 16.9 Å². The highest BCUT2D eigenvalue weighted by Gasteiger charge is 2.43. The first kappa shape index (κ1) is 21.8. The predicted molar refractivity (Wildman–Crippen MR) is 131 cm³/mol. The largest absolute Gasteiger partial charge is 0.478 e. The van der Waals surface area contributed by atoms with E-state index in [0.29, 0.717) is 11.3 Å². The van der Waals surface area contributed by atoms with E-state index in [0.717, 1.165) is 20.7 Å². The monoisotopic (exact) mass is 465 g/mol. The van der Waals surface area contributed by atoms with Gasteiger partial charge in [-0.25, -0.2) is 19.4 Å². The first-order valence-electron chi connectivity index (χ1n) is 10.7. The second kappa shape index (κ2) is 8.42. The molecule has 0 bridgehead atoms. The van der Waals surface area contributed by atoms with Crippen LogP contribution in [0.1, 0.15) is 15.9 Å². The molecule has 1 aromatic heterocycles. The number of barbiturate groups is 1. The minimum atomic E-state index is -1.13. The summed E-state index contributed by atoms with van der Waals surface area (Å²) in [7, 11) is 1.87. The topological polar surface area (TPSA) is 99.9 Å². The molecule has 1 aliphatic heterocycles. The number of aromatic nitrogens is 1. The number of benzene rings is 3. The lowest BCUT2D eigenvalue weighted by Crippen LogP contribution is -2.57. The highest BCUT2D eigenvalue weighted by molar-refractivity contribution is 6.46. The van der Waals surface area contributed by atoms with Crippen molar-refractivity contribution in [2.75, 3.05) is 9.80 Å². The van der Waals surface area contributed by atoms with Crippen LogP contribution in [0.15, 0.2) is 90.6 Å². The van der Waals surface area contributed by atoms with Crippen LogP contribution in [0.5, 0.6) is 0 Å². The van der Waals surface area contributed by atoms with Gasteiger partial charge >= 0.3 is 12.0 Å². The van der Waals surface area contributed by atoms with Crippen molar-refractivity contribution in [3.63, 3.8) is 0 Å². The van der Waals surface area contributed by atoms with Crippen LogP contribution in [0.4, 0.5) is 16.2 Å². The van der Waals surface area contributed by atoms with Crippen LogP contribution in [0.25, 0.3) is 17.0 Å². The Kier molecular flexibility index (Phi) is 5.25. The zero-order valence-electron chi connectivity index (χ0n) is 18.6. The molecule has 1 saturated heterocycles. The van der Waals surface area contributed by atoms with Crippen molar-refractivity contribution < 1.29 is 24.3 Å². The summed E-state index contributed by atoms with van der Waals surface area (Å²) < 4.78 is 1.89. The number of imide groups is 2. The Balaban J connectivity index is 1.68. The van der Waals surface area contributed by atoms with Gasteiger partial charge < -0.3 is 9.67 Å². The summed E-state index contributed by atoms with van der Waals surface area (Å²) in [6.07, 6.45) is 3.31. The highest BCUT2D eigenvalue weighted by atomic mass is 16.4. The maximum Gasteiger partial charge on any atom is 0.343 e. The van der Waals surface area contributed by atoms with Crippen LogP contribution in [0, 0.1) is 0 Å². The number of anilines is 2. The van der Waals surface area contributed by atoms with E-state index in [1.807, 2.05) is 42.1 Å². The van der Waals surface area contributed by atoms with Gasteiger partial charge in [-0.1, -0.05) is 36.4 Å². The number of carboxylic acid groups (broad SMARTS) is 1. The number of carboxylic acids is 1. The third-order valence-corrected chi connectivity index (χ3v) is 5.86. The molecule has 0 aliphatic carbocycles. The van der Waals surface area contributed by atoms with E-state index in [2.05, 4.69) is 0 Å². The number of carbonyl (C=O) groups excluding carboxylic acids is 3. The van der Waals surface area contributed by atoms with Crippen molar-refractivity contribution in [1.82, 2.24) is 4.57 Å². The van der Waals surface area contributed by atoms with Crippen LogP contribution in [-0.4, -0.2) is 33.5 Å². The van der Waals surface area contributed by atoms with Crippen molar-refractivity contribution in [3.05, 3.63) is 102 Å². The van der Waals surface area contributed by atoms with E-state index < -0.39 is 23.8 Å². The summed E-state index contributed by atoms with van der Waals surface area (Å²) in [5.41, 5.74) is 1.86. The number of rotatable bonds is 4. The molecule has 5 rings (SSSR count). The third-order valence-electron chi connectivity index (χ3n) is 5.86. The fourth-order valence-corrected chi connectivity index (χ4v) is 4.16. The lowest BCUT2D eigenvalue weighted by Gasteiger charge is -2.34.